The molecule has 8 nitrogen and oxygen atoms in total. The third kappa shape index (κ3) is 3.80. The third-order valence-corrected chi connectivity index (χ3v) is 4.21. The molecule has 10 heteroatoms. The van der Waals surface area contributed by atoms with Crippen molar-refractivity contribution < 1.29 is 9.32 Å². The molecule has 1 amide bonds. The average Bonchev–Trinajstić information content (AvgIpc) is 3.25. The van der Waals surface area contributed by atoms with E-state index in [-0.39, 0.29) is 23.5 Å². The molecule has 25 heavy (non-hydrogen) atoms. The van der Waals surface area contributed by atoms with E-state index in [4.69, 9.17) is 27.7 Å². The Morgan fingerprint density at radius 3 is 2.72 bits per heavy atom. The standard InChI is InChI=1S/C15H14Cl2N6O2/c1-7(2)11(15-21-13(23-25-15)12-18-6-19-22-12)20-14(24)8-3-4-9(16)10(17)5-8/h3-7,11H,1-2H3,(H,20,24)(H,18,19,22)/t11-/m0/s1. The lowest BCUT2D eigenvalue weighted by Crippen LogP contribution is -2.32. The molecule has 2 N–H and O–H groups in total. The Hall–Kier alpha value is -2.45. The molecule has 0 fully saturated rings. The molecule has 0 bridgehead atoms. The summed E-state index contributed by atoms with van der Waals surface area (Å²) >= 11 is 11.8. The summed E-state index contributed by atoms with van der Waals surface area (Å²) in [6.07, 6.45) is 1.34. The smallest absolute Gasteiger partial charge is 0.251 e. The predicted octanol–water partition coefficient (Wildman–Crippen LogP) is 3.29. The van der Waals surface area contributed by atoms with Crippen LogP contribution in [0.5, 0.6) is 0 Å². The molecule has 0 aliphatic carbocycles. The molecule has 1 atom stereocenters. The summed E-state index contributed by atoms with van der Waals surface area (Å²) in [5.74, 6) is 0.608. The van der Waals surface area contributed by atoms with Gasteiger partial charge in [-0.3, -0.25) is 9.89 Å². The first kappa shape index (κ1) is 17.4. The fourth-order valence-electron chi connectivity index (χ4n) is 2.15. The van der Waals surface area contributed by atoms with E-state index in [9.17, 15) is 4.79 Å². The maximum atomic E-state index is 12.5. The zero-order chi connectivity index (χ0) is 18.0. The van der Waals surface area contributed by atoms with E-state index in [1.807, 2.05) is 13.8 Å². The number of benzene rings is 1. The first-order valence-electron chi connectivity index (χ1n) is 7.41. The highest BCUT2D eigenvalue weighted by Gasteiger charge is 2.26. The van der Waals surface area contributed by atoms with E-state index >= 15 is 0 Å². The molecule has 0 spiro atoms. The van der Waals surface area contributed by atoms with Crippen molar-refractivity contribution in [3.05, 3.63) is 46.0 Å². The van der Waals surface area contributed by atoms with Crippen LogP contribution in [0.4, 0.5) is 0 Å². The van der Waals surface area contributed by atoms with Gasteiger partial charge in [-0.25, -0.2) is 4.98 Å². The Morgan fingerprint density at radius 2 is 2.08 bits per heavy atom. The van der Waals surface area contributed by atoms with Crippen LogP contribution < -0.4 is 5.32 Å². The lowest BCUT2D eigenvalue weighted by molar-refractivity contribution is 0.0914. The van der Waals surface area contributed by atoms with Crippen LogP contribution in [0, 0.1) is 5.92 Å². The van der Waals surface area contributed by atoms with Gasteiger partial charge in [0.05, 0.1) is 10.0 Å². The average molecular weight is 381 g/mol. The normalized spacial score (nSPS) is 12.4. The van der Waals surface area contributed by atoms with Crippen LogP contribution >= 0.6 is 23.2 Å². The minimum atomic E-state index is -0.480. The molecule has 130 valence electrons. The molecule has 3 aromatic rings. The minimum absolute atomic E-state index is 0.00903. The van der Waals surface area contributed by atoms with E-state index < -0.39 is 6.04 Å². The van der Waals surface area contributed by atoms with Crippen molar-refractivity contribution in [1.82, 2.24) is 30.6 Å². The van der Waals surface area contributed by atoms with Gasteiger partial charge in [0.15, 0.2) is 5.82 Å². The van der Waals surface area contributed by atoms with Gasteiger partial charge < -0.3 is 9.84 Å². The third-order valence-electron chi connectivity index (χ3n) is 3.47. The van der Waals surface area contributed by atoms with Gasteiger partial charge in [-0.1, -0.05) is 42.2 Å². The van der Waals surface area contributed by atoms with Crippen LogP contribution in [0.25, 0.3) is 11.6 Å². The fourth-order valence-corrected chi connectivity index (χ4v) is 2.44. The van der Waals surface area contributed by atoms with Crippen molar-refractivity contribution in [1.29, 1.82) is 0 Å². The predicted molar refractivity (Wildman–Crippen MR) is 91.2 cm³/mol. The second-order valence-corrected chi connectivity index (χ2v) is 6.43. The topological polar surface area (TPSA) is 110 Å². The maximum Gasteiger partial charge on any atom is 0.251 e. The summed E-state index contributed by atoms with van der Waals surface area (Å²) in [5, 5.41) is 13.8. The monoisotopic (exact) mass is 380 g/mol. The highest BCUT2D eigenvalue weighted by molar-refractivity contribution is 6.42. The number of nitrogens with one attached hydrogen (secondary N) is 2. The Labute approximate surface area is 152 Å². The van der Waals surface area contributed by atoms with Crippen molar-refractivity contribution in [3.8, 4) is 11.6 Å². The zero-order valence-corrected chi connectivity index (χ0v) is 14.8. The molecule has 1 aromatic carbocycles. The van der Waals surface area contributed by atoms with Crippen molar-refractivity contribution in [2.45, 2.75) is 19.9 Å². The first-order valence-corrected chi connectivity index (χ1v) is 8.16. The maximum absolute atomic E-state index is 12.5. The molecule has 0 unspecified atom stereocenters. The van der Waals surface area contributed by atoms with E-state index in [0.717, 1.165) is 0 Å². The molecule has 0 saturated heterocycles. The molecule has 3 rings (SSSR count). The SMILES string of the molecule is CC(C)[C@H](NC(=O)c1ccc(Cl)c(Cl)c1)c1nc(-c2ncn[nH]2)no1. The van der Waals surface area contributed by atoms with E-state index in [1.54, 1.807) is 12.1 Å². The number of carbonyl (C=O) groups excluding carboxylic acids is 1. The molecule has 0 radical (unpaired) electrons. The number of hydrogen-bond acceptors (Lipinski definition) is 6. The molecule has 2 aromatic heterocycles. The van der Waals surface area contributed by atoms with Crippen molar-refractivity contribution >= 4 is 29.1 Å². The van der Waals surface area contributed by atoms with Crippen LogP contribution in [0.2, 0.25) is 10.0 Å². The van der Waals surface area contributed by atoms with Gasteiger partial charge in [0, 0.05) is 5.56 Å². The van der Waals surface area contributed by atoms with Crippen LogP contribution in [0.15, 0.2) is 29.0 Å². The van der Waals surface area contributed by atoms with Gasteiger partial charge in [-0.15, -0.1) is 0 Å². The van der Waals surface area contributed by atoms with Crippen LogP contribution in [0.3, 0.4) is 0 Å². The summed E-state index contributed by atoms with van der Waals surface area (Å²) in [6.45, 7) is 3.86. The van der Waals surface area contributed by atoms with Crippen molar-refractivity contribution in [2.24, 2.45) is 5.92 Å². The summed E-state index contributed by atoms with van der Waals surface area (Å²) in [7, 11) is 0. The molecule has 0 saturated carbocycles. The van der Waals surface area contributed by atoms with Gasteiger partial charge in [0.25, 0.3) is 5.91 Å². The second-order valence-electron chi connectivity index (χ2n) is 5.61. The Bertz CT molecular complexity index is 878. The second kappa shape index (κ2) is 7.20. The van der Waals surface area contributed by atoms with E-state index in [0.29, 0.717) is 21.4 Å². The largest absolute Gasteiger partial charge is 0.340 e. The van der Waals surface area contributed by atoms with Crippen LogP contribution in [-0.2, 0) is 0 Å². The van der Waals surface area contributed by atoms with Crippen LogP contribution in [0.1, 0.15) is 36.1 Å². The number of nitrogens with zero attached hydrogens (tertiary/aromatic N) is 4. The summed E-state index contributed by atoms with van der Waals surface area (Å²) < 4.78 is 5.28. The van der Waals surface area contributed by atoms with Gasteiger partial charge in [0.2, 0.25) is 11.7 Å². The number of halogens is 2. The highest BCUT2D eigenvalue weighted by Crippen LogP contribution is 2.25. The molecular formula is C15H14Cl2N6O2. The number of H-pyrrole nitrogens is 1. The number of aromatic nitrogens is 5. The van der Waals surface area contributed by atoms with E-state index in [1.165, 1.54) is 12.4 Å². The summed E-state index contributed by atoms with van der Waals surface area (Å²) in [6, 6.07) is 4.18. The molecule has 0 aliphatic rings. The van der Waals surface area contributed by atoms with Gasteiger partial charge in [-0.2, -0.15) is 10.1 Å². The molecule has 0 aliphatic heterocycles. The Balaban J connectivity index is 1.82. The van der Waals surface area contributed by atoms with Gasteiger partial charge in [-0.05, 0) is 24.1 Å². The first-order chi connectivity index (χ1) is 12.0. The quantitative estimate of drug-likeness (QED) is 0.702. The number of amides is 1. The number of rotatable bonds is 5. The number of hydrogen-bond donors (Lipinski definition) is 2. The lowest BCUT2D eigenvalue weighted by atomic mass is 10.0. The van der Waals surface area contributed by atoms with E-state index in [2.05, 4.69) is 30.6 Å². The molecule has 2 heterocycles. The number of carbonyl (C=O) groups is 1. The minimum Gasteiger partial charge on any atom is -0.340 e. The van der Waals surface area contributed by atoms with Crippen molar-refractivity contribution in [2.75, 3.05) is 0 Å². The summed E-state index contributed by atoms with van der Waals surface area (Å²) in [5.41, 5.74) is 0.384. The number of aromatic amines is 1. The van der Waals surface area contributed by atoms with Crippen LogP contribution in [-0.4, -0.2) is 31.2 Å². The Kier molecular flexibility index (Phi) is 5.00. The van der Waals surface area contributed by atoms with Gasteiger partial charge >= 0.3 is 0 Å². The molecular weight excluding hydrogens is 367 g/mol. The van der Waals surface area contributed by atoms with Gasteiger partial charge in [0.1, 0.15) is 12.4 Å². The lowest BCUT2D eigenvalue weighted by Gasteiger charge is -2.18. The zero-order valence-electron chi connectivity index (χ0n) is 13.3. The highest BCUT2D eigenvalue weighted by atomic mass is 35.5. The fraction of sp³-hybridized carbons (Fsp3) is 0.267. The summed E-state index contributed by atoms with van der Waals surface area (Å²) in [4.78, 5) is 20.7. The Morgan fingerprint density at radius 1 is 1.28 bits per heavy atom. The van der Waals surface area contributed by atoms with Crippen molar-refractivity contribution in [3.63, 3.8) is 0 Å².